The Kier molecular flexibility index (Phi) is 16.9. The molecule has 2 nitrogen and oxygen atoms in total. The lowest BCUT2D eigenvalue weighted by atomic mass is 9.70. The molecule has 0 fully saturated rings. The van der Waals surface area contributed by atoms with Crippen LogP contribution in [0.25, 0.3) is 54.6 Å². The van der Waals surface area contributed by atoms with Crippen molar-refractivity contribution in [2.75, 3.05) is 10.6 Å². The van der Waals surface area contributed by atoms with Gasteiger partial charge in [0.2, 0.25) is 0 Å². The highest BCUT2D eigenvalue weighted by Gasteiger charge is 2.43. The normalized spacial score (nSPS) is 13.8. The molecule has 10 rings (SSSR count). The van der Waals surface area contributed by atoms with E-state index in [2.05, 4.69) is 184 Å². The second kappa shape index (κ2) is 24.2. The third kappa shape index (κ3) is 10.4. The van der Waals surface area contributed by atoms with Crippen LogP contribution in [0.2, 0.25) is 0 Å². The Morgan fingerprint density at radius 2 is 0.581 bits per heavy atom. The van der Waals surface area contributed by atoms with Gasteiger partial charge in [-0.05, 0) is 128 Å². The average molecular weight is 979 g/mol. The van der Waals surface area contributed by atoms with Gasteiger partial charge in [0, 0.05) is 44.4 Å². The third-order valence-electron chi connectivity index (χ3n) is 17.8. The summed E-state index contributed by atoms with van der Waals surface area (Å²) in [5, 5.41) is 15.8. The molecule has 8 aromatic carbocycles. The molecule has 2 aliphatic carbocycles. The van der Waals surface area contributed by atoms with E-state index in [0.717, 1.165) is 11.4 Å². The molecule has 2 N–H and O–H groups in total. The van der Waals surface area contributed by atoms with Gasteiger partial charge in [-0.3, -0.25) is 0 Å². The van der Waals surface area contributed by atoms with E-state index in [1.54, 1.807) is 11.1 Å². The lowest BCUT2D eigenvalue weighted by Gasteiger charge is -2.33. The van der Waals surface area contributed by atoms with Gasteiger partial charge >= 0.3 is 0 Å². The molecule has 0 unspecified atom stereocenters. The SMILES string of the molecule is CCCCCCCC1(CCCCCCC)c2ccccc2-c2ccc(Nc3cc4c5ccccc5c(Nc5ccc6c(c5)C(CCCCCCC)(CCCCCCC)c5ccccc5-6)cc4c4ccccc34)cc21. The third-order valence-corrected chi connectivity index (χ3v) is 17.8. The summed E-state index contributed by atoms with van der Waals surface area (Å²) in [5.74, 6) is 0. The van der Waals surface area contributed by atoms with E-state index in [9.17, 15) is 0 Å². The highest BCUT2D eigenvalue weighted by Crippen LogP contribution is 2.57. The zero-order valence-corrected chi connectivity index (χ0v) is 45.8. The molecule has 0 aromatic heterocycles. The standard InChI is InChI=1S/C72H86N2/c1-5-9-13-17-29-45-71(46-30-18-14-10-6-2)65-39-27-25-35-57(65)59-43-41-53(49-67(59)71)73-69-51-63-56-34-22-24-38-62(56)70(52-64(63)55-33-21-23-37-61(55)69)74-54-42-44-60-58-36-26-28-40-66(58)72(68(60)50-54,47-31-19-15-11-7-3)48-32-20-16-12-8-4/h21-28,33-44,49-52,73-74H,5-20,29-32,45-48H2,1-4H3. The molecule has 0 spiro atoms. The molecule has 384 valence electrons. The van der Waals surface area contributed by atoms with Crippen LogP contribution < -0.4 is 10.6 Å². The number of rotatable bonds is 28. The van der Waals surface area contributed by atoms with E-state index in [1.807, 2.05) is 0 Å². The molecular weight excluding hydrogens is 893 g/mol. The summed E-state index contributed by atoms with van der Waals surface area (Å²) in [4.78, 5) is 0. The van der Waals surface area contributed by atoms with E-state index >= 15 is 0 Å². The zero-order chi connectivity index (χ0) is 50.7. The van der Waals surface area contributed by atoms with Gasteiger partial charge in [0.05, 0.1) is 0 Å². The van der Waals surface area contributed by atoms with Crippen LogP contribution in [-0.2, 0) is 10.8 Å². The van der Waals surface area contributed by atoms with Gasteiger partial charge in [-0.2, -0.15) is 0 Å². The van der Waals surface area contributed by atoms with Gasteiger partial charge in [0.1, 0.15) is 0 Å². The van der Waals surface area contributed by atoms with Gasteiger partial charge in [-0.25, -0.2) is 0 Å². The Morgan fingerprint density at radius 3 is 0.946 bits per heavy atom. The van der Waals surface area contributed by atoms with Gasteiger partial charge in [0.25, 0.3) is 0 Å². The summed E-state index contributed by atoms with van der Waals surface area (Å²) in [7, 11) is 0. The largest absolute Gasteiger partial charge is 0.355 e. The molecule has 0 saturated heterocycles. The molecule has 0 radical (unpaired) electrons. The zero-order valence-electron chi connectivity index (χ0n) is 45.8. The van der Waals surface area contributed by atoms with Crippen LogP contribution in [0.4, 0.5) is 22.7 Å². The van der Waals surface area contributed by atoms with E-state index in [-0.39, 0.29) is 10.8 Å². The predicted octanol–water partition coefficient (Wildman–Crippen LogP) is 22.6. The first-order chi connectivity index (χ1) is 36.5. The highest BCUT2D eigenvalue weighted by atomic mass is 14.9. The van der Waals surface area contributed by atoms with Gasteiger partial charge in [-0.1, -0.05) is 265 Å². The number of anilines is 4. The highest BCUT2D eigenvalue weighted by molar-refractivity contribution is 6.23. The molecule has 0 bridgehead atoms. The minimum Gasteiger partial charge on any atom is -0.355 e. The second-order valence-electron chi connectivity index (χ2n) is 22.7. The van der Waals surface area contributed by atoms with Crippen LogP contribution in [0.1, 0.15) is 204 Å². The number of fused-ring (bicyclic) bond motifs is 11. The number of hydrogen-bond acceptors (Lipinski definition) is 2. The summed E-state index contributed by atoms with van der Waals surface area (Å²) in [6, 6.07) is 56.6. The predicted molar refractivity (Wildman–Crippen MR) is 324 cm³/mol. The Morgan fingerprint density at radius 1 is 0.270 bits per heavy atom. The summed E-state index contributed by atoms with van der Waals surface area (Å²) < 4.78 is 0. The number of unbranched alkanes of at least 4 members (excludes halogenated alkanes) is 16. The van der Waals surface area contributed by atoms with Crippen molar-refractivity contribution < 1.29 is 0 Å². The van der Waals surface area contributed by atoms with Crippen LogP contribution in [0.5, 0.6) is 0 Å². The topological polar surface area (TPSA) is 24.1 Å². The molecule has 8 aromatic rings. The van der Waals surface area contributed by atoms with Crippen molar-refractivity contribution in [1.29, 1.82) is 0 Å². The molecule has 0 aliphatic heterocycles. The molecule has 2 heteroatoms. The fraction of sp³-hybridized carbons (Fsp3) is 0.417. The van der Waals surface area contributed by atoms with Crippen molar-refractivity contribution in [1.82, 2.24) is 0 Å². The Hall–Kier alpha value is -5.86. The van der Waals surface area contributed by atoms with E-state index < -0.39 is 0 Å². The van der Waals surface area contributed by atoms with Crippen molar-refractivity contribution in [2.45, 2.75) is 193 Å². The summed E-state index contributed by atoms with van der Waals surface area (Å²) in [5.41, 5.74) is 16.7. The van der Waals surface area contributed by atoms with Gasteiger partial charge < -0.3 is 10.6 Å². The quantitative estimate of drug-likeness (QED) is 0.0377. The number of hydrogen-bond donors (Lipinski definition) is 2. The van der Waals surface area contributed by atoms with Crippen molar-refractivity contribution in [3.8, 4) is 22.3 Å². The van der Waals surface area contributed by atoms with Gasteiger partial charge in [-0.15, -0.1) is 0 Å². The fourth-order valence-corrected chi connectivity index (χ4v) is 14.0. The maximum atomic E-state index is 4.09. The fourth-order valence-electron chi connectivity index (χ4n) is 14.0. The van der Waals surface area contributed by atoms with Crippen LogP contribution in [0.15, 0.2) is 146 Å². The smallest absolute Gasteiger partial charge is 0.0470 e. The van der Waals surface area contributed by atoms with Crippen molar-refractivity contribution in [3.05, 3.63) is 168 Å². The Labute approximate surface area is 446 Å². The molecular formula is C72H86N2. The number of nitrogens with one attached hydrogen (secondary N) is 2. The average Bonchev–Trinajstić information content (AvgIpc) is 3.86. The first-order valence-electron chi connectivity index (χ1n) is 29.9. The monoisotopic (exact) mass is 979 g/mol. The molecule has 0 atom stereocenters. The van der Waals surface area contributed by atoms with Crippen LogP contribution in [0, 0.1) is 0 Å². The summed E-state index contributed by atoms with van der Waals surface area (Å²) >= 11 is 0. The summed E-state index contributed by atoms with van der Waals surface area (Å²) in [6.07, 6.45) is 31.1. The van der Waals surface area contributed by atoms with Crippen LogP contribution in [-0.4, -0.2) is 0 Å². The minimum absolute atomic E-state index is 0.0416. The van der Waals surface area contributed by atoms with Crippen molar-refractivity contribution in [3.63, 3.8) is 0 Å². The molecule has 2 aliphatic rings. The summed E-state index contributed by atoms with van der Waals surface area (Å²) in [6.45, 7) is 9.32. The Balaban J connectivity index is 1.01. The first kappa shape index (κ1) is 51.6. The molecule has 0 amide bonds. The van der Waals surface area contributed by atoms with Crippen molar-refractivity contribution >= 4 is 55.1 Å². The molecule has 74 heavy (non-hydrogen) atoms. The minimum atomic E-state index is 0.0416. The maximum absolute atomic E-state index is 4.09. The van der Waals surface area contributed by atoms with Gasteiger partial charge in [0.15, 0.2) is 0 Å². The Bertz CT molecular complexity index is 2910. The van der Waals surface area contributed by atoms with E-state index in [4.69, 9.17) is 0 Å². The second-order valence-corrected chi connectivity index (χ2v) is 22.7. The lowest BCUT2D eigenvalue weighted by Crippen LogP contribution is -2.25. The van der Waals surface area contributed by atoms with Crippen LogP contribution in [0.3, 0.4) is 0 Å². The first-order valence-corrected chi connectivity index (χ1v) is 29.9. The van der Waals surface area contributed by atoms with Crippen LogP contribution >= 0.6 is 0 Å². The molecule has 0 heterocycles. The van der Waals surface area contributed by atoms with Crippen molar-refractivity contribution in [2.24, 2.45) is 0 Å². The van der Waals surface area contributed by atoms with E-state index in [1.165, 1.54) is 231 Å². The lowest BCUT2D eigenvalue weighted by molar-refractivity contribution is 0.399. The molecule has 0 saturated carbocycles. The number of benzene rings is 8. The van der Waals surface area contributed by atoms with E-state index in [0.29, 0.717) is 0 Å². The maximum Gasteiger partial charge on any atom is 0.0470 e.